The quantitative estimate of drug-likeness (QED) is 0.370. The Kier molecular flexibility index (Phi) is 7.66. The number of pyridine rings is 1. The molecule has 0 spiro atoms. The minimum Gasteiger partial charge on any atom is -0.368 e. The van der Waals surface area contributed by atoms with Crippen LogP contribution in [-0.4, -0.2) is 51.9 Å². The molecule has 4 rings (SSSR count). The third-order valence-electron chi connectivity index (χ3n) is 6.01. The summed E-state index contributed by atoms with van der Waals surface area (Å²) in [6.07, 6.45) is 4.01. The number of nitrogens with zero attached hydrogens (tertiary/aromatic N) is 6. The normalized spacial score (nSPS) is 14.8. The Bertz CT molecular complexity index is 1260. The molecule has 35 heavy (non-hydrogen) atoms. The van der Waals surface area contributed by atoms with E-state index >= 15 is 0 Å². The number of piperazine rings is 1. The number of hydrogen-bond donors (Lipinski definition) is 2. The van der Waals surface area contributed by atoms with Gasteiger partial charge in [0.2, 0.25) is 11.6 Å². The first-order chi connectivity index (χ1) is 17.0. The first-order valence-corrected chi connectivity index (χ1v) is 12.2. The van der Waals surface area contributed by atoms with E-state index in [0.29, 0.717) is 47.2 Å². The van der Waals surface area contributed by atoms with Gasteiger partial charge in [0.15, 0.2) is 0 Å². The molecule has 0 saturated carbocycles. The van der Waals surface area contributed by atoms with Crippen LogP contribution in [0.15, 0.2) is 47.9 Å². The number of nitriles is 1. The summed E-state index contributed by atoms with van der Waals surface area (Å²) in [5.41, 5.74) is 8.96. The first kappa shape index (κ1) is 24.3. The maximum absolute atomic E-state index is 12.4. The third-order valence-corrected chi connectivity index (χ3v) is 7.27. The molecule has 0 bridgehead atoms. The number of hydrogen-bond acceptors (Lipinski definition) is 7. The SMILES string of the molecule is [C-]#[N+]c1c(N2CCN(Cc3cnc[nH]3)CC2)nc(SC(C(N)=O)c2ccccc2)c(C#N)c1CC. The summed E-state index contributed by atoms with van der Waals surface area (Å²) < 4.78 is 0. The fourth-order valence-electron chi connectivity index (χ4n) is 4.23. The van der Waals surface area contributed by atoms with Gasteiger partial charge in [-0.05, 0) is 17.5 Å². The number of carbonyl (C=O) groups is 1. The topological polar surface area (TPSA) is 119 Å². The van der Waals surface area contributed by atoms with Crippen LogP contribution in [0, 0.1) is 17.9 Å². The van der Waals surface area contributed by atoms with Crippen LogP contribution in [0.1, 0.15) is 34.6 Å². The summed E-state index contributed by atoms with van der Waals surface area (Å²) in [6.45, 7) is 13.5. The van der Waals surface area contributed by atoms with E-state index in [1.54, 1.807) is 6.33 Å². The van der Waals surface area contributed by atoms with Gasteiger partial charge in [-0.15, -0.1) is 0 Å². The highest BCUT2D eigenvalue weighted by molar-refractivity contribution is 8.00. The van der Waals surface area contributed by atoms with Crippen LogP contribution in [0.2, 0.25) is 0 Å². The second kappa shape index (κ2) is 11.0. The molecule has 2 aromatic heterocycles. The van der Waals surface area contributed by atoms with Crippen molar-refractivity contribution in [2.75, 3.05) is 31.1 Å². The average molecular weight is 487 g/mol. The Balaban J connectivity index is 1.66. The Morgan fingerprint density at radius 3 is 2.63 bits per heavy atom. The summed E-state index contributed by atoms with van der Waals surface area (Å²) >= 11 is 1.17. The zero-order valence-electron chi connectivity index (χ0n) is 19.4. The molecule has 1 atom stereocenters. The number of carbonyl (C=O) groups excluding carboxylic acids is 1. The number of benzene rings is 1. The molecular formula is C25H26N8OS. The van der Waals surface area contributed by atoms with Crippen molar-refractivity contribution in [1.29, 1.82) is 5.26 Å². The van der Waals surface area contributed by atoms with Gasteiger partial charge in [-0.1, -0.05) is 49.0 Å². The lowest BCUT2D eigenvalue weighted by molar-refractivity contribution is -0.117. The molecule has 1 unspecified atom stereocenters. The molecule has 0 radical (unpaired) electrons. The van der Waals surface area contributed by atoms with Crippen molar-refractivity contribution in [1.82, 2.24) is 19.9 Å². The lowest BCUT2D eigenvalue weighted by Crippen LogP contribution is -2.46. The van der Waals surface area contributed by atoms with Crippen molar-refractivity contribution in [3.05, 3.63) is 76.7 Å². The summed E-state index contributed by atoms with van der Waals surface area (Å²) in [4.78, 5) is 32.6. The molecule has 10 heteroatoms. The lowest BCUT2D eigenvalue weighted by atomic mass is 10.1. The number of amides is 1. The second-order valence-electron chi connectivity index (χ2n) is 8.17. The number of H-pyrrole nitrogens is 1. The number of nitrogens with one attached hydrogen (secondary N) is 1. The van der Waals surface area contributed by atoms with Gasteiger partial charge in [0.1, 0.15) is 22.2 Å². The molecule has 1 amide bonds. The van der Waals surface area contributed by atoms with Crippen molar-refractivity contribution >= 4 is 29.2 Å². The lowest BCUT2D eigenvalue weighted by Gasteiger charge is -2.36. The largest absolute Gasteiger partial charge is 0.368 e. The van der Waals surface area contributed by atoms with E-state index in [1.165, 1.54) is 11.8 Å². The summed E-state index contributed by atoms with van der Waals surface area (Å²) in [5.74, 6) is 0.0592. The van der Waals surface area contributed by atoms with E-state index in [-0.39, 0.29) is 0 Å². The van der Waals surface area contributed by atoms with Crippen molar-refractivity contribution in [2.24, 2.45) is 5.73 Å². The monoisotopic (exact) mass is 486 g/mol. The molecule has 1 aliphatic rings. The van der Waals surface area contributed by atoms with Gasteiger partial charge < -0.3 is 15.6 Å². The number of primary amides is 1. The molecule has 1 fully saturated rings. The van der Waals surface area contributed by atoms with E-state index in [0.717, 1.165) is 30.9 Å². The smallest absolute Gasteiger partial charge is 0.235 e. The molecule has 3 heterocycles. The highest BCUT2D eigenvalue weighted by Gasteiger charge is 2.28. The van der Waals surface area contributed by atoms with E-state index in [9.17, 15) is 10.1 Å². The molecule has 1 saturated heterocycles. The van der Waals surface area contributed by atoms with Gasteiger partial charge >= 0.3 is 0 Å². The number of aromatic nitrogens is 3. The number of thioether (sulfide) groups is 1. The summed E-state index contributed by atoms with van der Waals surface area (Å²) in [7, 11) is 0. The highest BCUT2D eigenvalue weighted by atomic mass is 32.2. The average Bonchev–Trinajstić information content (AvgIpc) is 3.40. The number of imidazole rings is 1. The standard InChI is InChI=1S/C25H26N8OS/c1-3-19-20(13-26)25(35-22(23(27)34)17-7-5-4-6-8-17)31-24(21(19)28-2)33-11-9-32(10-12-33)15-18-14-29-16-30-18/h4-8,14,16,22H,3,9-12,15H2,1H3,(H2,27,34)(H,29,30). The molecule has 1 aliphatic heterocycles. The van der Waals surface area contributed by atoms with Crippen molar-refractivity contribution in [3.8, 4) is 6.07 Å². The Morgan fingerprint density at radius 1 is 1.31 bits per heavy atom. The fraction of sp³-hybridized carbons (Fsp3) is 0.320. The van der Waals surface area contributed by atoms with Crippen molar-refractivity contribution in [2.45, 2.75) is 30.2 Å². The van der Waals surface area contributed by atoms with E-state index in [2.05, 4.69) is 30.7 Å². The van der Waals surface area contributed by atoms with Gasteiger partial charge in [-0.25, -0.2) is 14.8 Å². The van der Waals surface area contributed by atoms with Gasteiger partial charge in [0.05, 0.1) is 18.5 Å². The minimum atomic E-state index is -0.696. The van der Waals surface area contributed by atoms with E-state index in [1.807, 2.05) is 43.5 Å². The van der Waals surface area contributed by atoms with Gasteiger partial charge in [-0.2, -0.15) is 5.26 Å². The maximum atomic E-state index is 12.4. The molecule has 3 aromatic rings. The van der Waals surface area contributed by atoms with Gasteiger partial charge in [0, 0.05) is 44.6 Å². The minimum absolute atomic E-state index is 0.340. The Hall–Kier alpha value is -3.86. The van der Waals surface area contributed by atoms with Crippen molar-refractivity contribution < 1.29 is 4.79 Å². The summed E-state index contributed by atoms with van der Waals surface area (Å²) in [5, 5.41) is 9.71. The maximum Gasteiger partial charge on any atom is 0.235 e. The van der Waals surface area contributed by atoms with Crippen LogP contribution in [0.25, 0.3) is 4.85 Å². The number of nitrogens with two attached hydrogens (primary N) is 1. The molecule has 178 valence electrons. The van der Waals surface area contributed by atoms with Crippen LogP contribution in [0.5, 0.6) is 0 Å². The molecular weight excluding hydrogens is 460 g/mol. The molecule has 1 aromatic carbocycles. The summed E-state index contributed by atoms with van der Waals surface area (Å²) in [6, 6.07) is 11.5. The third kappa shape index (κ3) is 5.29. The predicted octanol–water partition coefficient (Wildman–Crippen LogP) is 3.43. The van der Waals surface area contributed by atoms with Crippen LogP contribution in [-0.2, 0) is 17.8 Å². The van der Waals surface area contributed by atoms with E-state index < -0.39 is 11.2 Å². The van der Waals surface area contributed by atoms with Crippen LogP contribution < -0.4 is 10.6 Å². The molecule has 0 aliphatic carbocycles. The number of aromatic amines is 1. The Morgan fingerprint density at radius 2 is 2.06 bits per heavy atom. The van der Waals surface area contributed by atoms with Gasteiger partial charge in [0.25, 0.3) is 0 Å². The zero-order chi connectivity index (χ0) is 24.8. The van der Waals surface area contributed by atoms with Crippen LogP contribution in [0.3, 0.4) is 0 Å². The second-order valence-corrected chi connectivity index (χ2v) is 9.26. The van der Waals surface area contributed by atoms with Crippen LogP contribution in [0.4, 0.5) is 11.5 Å². The predicted molar refractivity (Wildman–Crippen MR) is 135 cm³/mol. The van der Waals surface area contributed by atoms with E-state index in [4.69, 9.17) is 17.3 Å². The highest BCUT2D eigenvalue weighted by Crippen LogP contribution is 2.42. The first-order valence-electron chi connectivity index (χ1n) is 11.4. The zero-order valence-corrected chi connectivity index (χ0v) is 20.3. The fourth-order valence-corrected chi connectivity index (χ4v) is 5.29. The molecule has 3 N–H and O–H groups in total. The molecule has 9 nitrogen and oxygen atoms in total. The van der Waals surface area contributed by atoms with Gasteiger partial charge in [-0.3, -0.25) is 9.69 Å². The Labute approximate surface area is 208 Å². The van der Waals surface area contributed by atoms with Crippen molar-refractivity contribution in [3.63, 3.8) is 0 Å². The number of rotatable bonds is 8. The van der Waals surface area contributed by atoms with Crippen LogP contribution >= 0.6 is 11.8 Å². The number of anilines is 1.